The maximum atomic E-state index is 5.34. The molecule has 1 N–H and O–H groups in total. The van der Waals surface area contributed by atoms with E-state index in [0.29, 0.717) is 0 Å². The molecule has 1 unspecified atom stereocenters. The van der Waals surface area contributed by atoms with Crippen molar-refractivity contribution in [3.63, 3.8) is 0 Å². The monoisotopic (exact) mass is 350 g/mol. The molecule has 5 heteroatoms. The van der Waals surface area contributed by atoms with Gasteiger partial charge in [0.25, 0.3) is 0 Å². The number of nitrogens with one attached hydrogen (secondary N) is 1. The predicted molar refractivity (Wildman–Crippen MR) is 88.3 cm³/mol. The van der Waals surface area contributed by atoms with Crippen LogP contribution in [-0.2, 0) is 0 Å². The highest BCUT2D eigenvalue weighted by Crippen LogP contribution is 2.31. The molecule has 0 radical (unpaired) electrons. The molecule has 1 aromatic carbocycles. The van der Waals surface area contributed by atoms with E-state index in [9.17, 15) is 0 Å². The highest BCUT2D eigenvalue weighted by Gasteiger charge is 2.12. The second kappa shape index (κ2) is 6.80. The van der Waals surface area contributed by atoms with Crippen LogP contribution in [-0.4, -0.2) is 19.2 Å². The first-order chi connectivity index (χ1) is 10.0. The fourth-order valence-electron chi connectivity index (χ4n) is 2.05. The second-order valence-electron chi connectivity index (χ2n) is 4.82. The highest BCUT2D eigenvalue weighted by molar-refractivity contribution is 9.10. The van der Waals surface area contributed by atoms with E-state index in [0.717, 1.165) is 32.9 Å². The van der Waals surface area contributed by atoms with Gasteiger partial charge in [0.2, 0.25) is 0 Å². The number of halogens is 1. The number of hydrogen-bond donors (Lipinski definition) is 1. The Labute approximate surface area is 133 Å². The van der Waals surface area contributed by atoms with Crippen molar-refractivity contribution >= 4 is 21.7 Å². The average Bonchev–Trinajstić information content (AvgIpc) is 2.49. The number of ether oxygens (including phenoxy) is 2. The highest BCUT2D eigenvalue weighted by atomic mass is 79.9. The summed E-state index contributed by atoms with van der Waals surface area (Å²) in [6.45, 7) is 4.09. The lowest BCUT2D eigenvalue weighted by atomic mass is 10.1. The van der Waals surface area contributed by atoms with E-state index in [1.165, 1.54) is 0 Å². The number of methoxy groups -OCH3 is 2. The Hall–Kier alpha value is -1.75. The predicted octanol–water partition coefficient (Wildman–Crippen LogP) is 4.34. The molecular weight excluding hydrogens is 332 g/mol. The molecule has 0 amide bonds. The van der Waals surface area contributed by atoms with Crippen LogP contribution in [0.15, 0.2) is 34.9 Å². The smallest absolute Gasteiger partial charge is 0.161 e. The Balaban J connectivity index is 2.21. The van der Waals surface area contributed by atoms with Gasteiger partial charge in [0, 0.05) is 6.20 Å². The topological polar surface area (TPSA) is 43.4 Å². The maximum Gasteiger partial charge on any atom is 0.161 e. The summed E-state index contributed by atoms with van der Waals surface area (Å²) in [5.41, 5.74) is 2.22. The van der Waals surface area contributed by atoms with Crippen molar-refractivity contribution in [2.24, 2.45) is 0 Å². The van der Waals surface area contributed by atoms with Gasteiger partial charge in [-0.15, -0.1) is 0 Å². The van der Waals surface area contributed by atoms with Gasteiger partial charge in [0.1, 0.15) is 5.82 Å². The third-order valence-corrected chi connectivity index (χ3v) is 3.84. The molecule has 0 saturated heterocycles. The summed E-state index contributed by atoms with van der Waals surface area (Å²) in [5, 5.41) is 3.39. The Bertz CT molecular complexity index is 632. The number of rotatable bonds is 5. The van der Waals surface area contributed by atoms with Gasteiger partial charge in [-0.1, -0.05) is 6.07 Å². The summed E-state index contributed by atoms with van der Waals surface area (Å²) < 4.78 is 11.5. The third-order valence-electron chi connectivity index (χ3n) is 3.24. The maximum absolute atomic E-state index is 5.34. The van der Waals surface area contributed by atoms with Gasteiger partial charge >= 0.3 is 0 Å². The summed E-state index contributed by atoms with van der Waals surface area (Å²) in [4.78, 5) is 4.41. The van der Waals surface area contributed by atoms with E-state index in [2.05, 4.69) is 33.2 Å². The number of anilines is 1. The van der Waals surface area contributed by atoms with Crippen LogP contribution in [0.3, 0.4) is 0 Å². The number of aromatic nitrogens is 1. The number of benzene rings is 1. The molecule has 2 aromatic rings. The van der Waals surface area contributed by atoms with E-state index in [4.69, 9.17) is 9.47 Å². The number of nitrogens with zero attached hydrogens (tertiary/aromatic N) is 1. The molecule has 0 spiro atoms. The first kappa shape index (κ1) is 15.6. The normalized spacial score (nSPS) is 11.9. The van der Waals surface area contributed by atoms with Gasteiger partial charge in [0.05, 0.1) is 24.7 Å². The number of pyridine rings is 1. The van der Waals surface area contributed by atoms with Crippen molar-refractivity contribution in [3.05, 3.63) is 46.1 Å². The van der Waals surface area contributed by atoms with Gasteiger partial charge in [-0.2, -0.15) is 0 Å². The standard InChI is InChI=1S/C16H19BrN2O2/c1-10-7-13(17)16(18-9-10)19-11(2)12-5-6-14(20-3)15(8-12)21-4/h5-9,11H,1-4H3,(H,18,19). The van der Waals surface area contributed by atoms with Crippen LogP contribution < -0.4 is 14.8 Å². The molecule has 0 aliphatic heterocycles. The summed E-state index contributed by atoms with van der Waals surface area (Å²) in [7, 11) is 3.27. The molecular formula is C16H19BrN2O2. The Morgan fingerprint density at radius 1 is 1.14 bits per heavy atom. The van der Waals surface area contributed by atoms with Gasteiger partial charge in [0.15, 0.2) is 11.5 Å². The average molecular weight is 351 g/mol. The lowest BCUT2D eigenvalue weighted by molar-refractivity contribution is 0.354. The SMILES string of the molecule is COc1ccc(C(C)Nc2ncc(C)cc2Br)cc1OC. The minimum atomic E-state index is 0.0938. The Morgan fingerprint density at radius 2 is 1.86 bits per heavy atom. The lowest BCUT2D eigenvalue weighted by Gasteiger charge is -2.18. The summed E-state index contributed by atoms with van der Waals surface area (Å²) in [6.07, 6.45) is 1.84. The van der Waals surface area contributed by atoms with Gasteiger partial charge in [-0.3, -0.25) is 0 Å². The van der Waals surface area contributed by atoms with E-state index >= 15 is 0 Å². The molecule has 0 aliphatic rings. The molecule has 4 nitrogen and oxygen atoms in total. The van der Waals surface area contributed by atoms with Crippen LogP contribution in [0.1, 0.15) is 24.1 Å². The van der Waals surface area contributed by atoms with Gasteiger partial charge in [-0.05, 0) is 59.1 Å². The van der Waals surface area contributed by atoms with Crippen LogP contribution >= 0.6 is 15.9 Å². The van der Waals surface area contributed by atoms with Crippen LogP contribution in [0.4, 0.5) is 5.82 Å². The van der Waals surface area contributed by atoms with E-state index in [1.807, 2.05) is 37.4 Å². The van der Waals surface area contributed by atoms with Crippen molar-refractivity contribution in [1.29, 1.82) is 0 Å². The van der Waals surface area contributed by atoms with Crippen LogP contribution in [0.2, 0.25) is 0 Å². The summed E-state index contributed by atoms with van der Waals surface area (Å²) in [5.74, 6) is 2.27. The summed E-state index contributed by atoms with van der Waals surface area (Å²) >= 11 is 3.53. The molecule has 1 heterocycles. The van der Waals surface area contributed by atoms with Gasteiger partial charge < -0.3 is 14.8 Å². The van der Waals surface area contributed by atoms with Crippen molar-refractivity contribution < 1.29 is 9.47 Å². The zero-order valence-electron chi connectivity index (χ0n) is 12.6. The van der Waals surface area contributed by atoms with Crippen LogP contribution in [0.5, 0.6) is 11.5 Å². The Kier molecular flexibility index (Phi) is 5.07. The van der Waals surface area contributed by atoms with E-state index in [-0.39, 0.29) is 6.04 Å². The van der Waals surface area contributed by atoms with Gasteiger partial charge in [-0.25, -0.2) is 4.98 Å². The van der Waals surface area contributed by atoms with E-state index < -0.39 is 0 Å². The van der Waals surface area contributed by atoms with Crippen LogP contribution in [0.25, 0.3) is 0 Å². The summed E-state index contributed by atoms with van der Waals surface area (Å²) in [6, 6.07) is 8.02. The molecule has 0 bridgehead atoms. The first-order valence-corrected chi connectivity index (χ1v) is 7.45. The first-order valence-electron chi connectivity index (χ1n) is 6.65. The minimum Gasteiger partial charge on any atom is -0.493 e. The fraction of sp³-hybridized carbons (Fsp3) is 0.312. The molecule has 0 saturated carbocycles. The van der Waals surface area contributed by atoms with Crippen molar-refractivity contribution in [3.8, 4) is 11.5 Å². The molecule has 1 aromatic heterocycles. The van der Waals surface area contributed by atoms with E-state index in [1.54, 1.807) is 14.2 Å². The quantitative estimate of drug-likeness (QED) is 0.870. The zero-order valence-corrected chi connectivity index (χ0v) is 14.2. The largest absolute Gasteiger partial charge is 0.493 e. The van der Waals surface area contributed by atoms with Crippen molar-refractivity contribution in [1.82, 2.24) is 4.98 Å². The third kappa shape index (κ3) is 3.67. The molecule has 0 fully saturated rings. The van der Waals surface area contributed by atoms with Crippen LogP contribution in [0, 0.1) is 6.92 Å². The number of aryl methyl sites for hydroxylation is 1. The molecule has 0 aliphatic carbocycles. The molecule has 1 atom stereocenters. The molecule has 2 rings (SSSR count). The Morgan fingerprint density at radius 3 is 2.48 bits per heavy atom. The second-order valence-corrected chi connectivity index (χ2v) is 5.68. The number of hydrogen-bond acceptors (Lipinski definition) is 4. The molecule has 21 heavy (non-hydrogen) atoms. The van der Waals surface area contributed by atoms with Crippen molar-refractivity contribution in [2.75, 3.05) is 19.5 Å². The lowest BCUT2D eigenvalue weighted by Crippen LogP contribution is -2.09. The zero-order chi connectivity index (χ0) is 15.4. The van der Waals surface area contributed by atoms with Crippen molar-refractivity contribution in [2.45, 2.75) is 19.9 Å². The molecule has 112 valence electrons. The minimum absolute atomic E-state index is 0.0938. The fourth-order valence-corrected chi connectivity index (χ4v) is 2.63.